The van der Waals surface area contributed by atoms with Gasteiger partial charge in [0, 0.05) is 42.4 Å². The molecule has 0 saturated heterocycles. The smallest absolute Gasteiger partial charge is 0.311 e. The third kappa shape index (κ3) is 15.1. The Bertz CT molecular complexity index is 2600. The summed E-state index contributed by atoms with van der Waals surface area (Å²) in [6, 6.07) is 16.2. The Morgan fingerprint density at radius 1 is 0.513 bits per heavy atom. The summed E-state index contributed by atoms with van der Waals surface area (Å²) in [4.78, 5) is 27.3. The van der Waals surface area contributed by atoms with Gasteiger partial charge in [0.15, 0.2) is 46.0 Å². The standard InChI is InChI=1S/C58H84N3O14.3BrH/c1-38(2)59(3,26-28-74-54(62)20-24-60(4)22-18-40-34-48(65-7)50(67-9)36-43(40)45(60)30-39-31-52(69-11)57(72-14)53(32-39)70-12)27-29-75-55(63)21-25-61(5)23-19-41-35-49(66-8)51(68-10)37-44(41)46(61)33-42-16-17-47(64-6)58(73-15)56(42)71-13;;;/h16-17,31-32,34-38,45-46H,18-30,33H2,1-15H3;3*1H/q+3;;;/p-3. The number of esters is 2. The number of likely N-dealkylation sites (N-methyl/N-ethyl adjacent to an activating group) is 3. The van der Waals surface area contributed by atoms with E-state index < -0.39 is 0 Å². The van der Waals surface area contributed by atoms with Crippen molar-refractivity contribution in [3.8, 4) is 57.5 Å². The fraction of sp³-hybridized carbons (Fsp3) is 0.552. The van der Waals surface area contributed by atoms with E-state index in [1.165, 1.54) is 11.1 Å². The summed E-state index contributed by atoms with van der Waals surface area (Å²) in [6.07, 6.45) is 3.30. The fourth-order valence-electron chi connectivity index (χ4n) is 11.1. The van der Waals surface area contributed by atoms with Crippen molar-refractivity contribution in [1.29, 1.82) is 0 Å². The van der Waals surface area contributed by atoms with Crippen LogP contribution < -0.4 is 98.3 Å². The number of hydrogen-bond donors (Lipinski definition) is 0. The van der Waals surface area contributed by atoms with E-state index in [-0.39, 0.29) is 107 Å². The van der Waals surface area contributed by atoms with Gasteiger partial charge in [-0.1, -0.05) is 6.07 Å². The van der Waals surface area contributed by atoms with Crippen LogP contribution in [0.1, 0.15) is 72.2 Å². The second-order valence-electron chi connectivity index (χ2n) is 20.6. The van der Waals surface area contributed by atoms with Gasteiger partial charge in [-0.3, -0.25) is 9.59 Å². The van der Waals surface area contributed by atoms with Crippen molar-refractivity contribution in [1.82, 2.24) is 0 Å². The van der Waals surface area contributed by atoms with E-state index >= 15 is 0 Å². The van der Waals surface area contributed by atoms with Gasteiger partial charge in [-0.05, 0) is 73.0 Å². The first kappa shape index (κ1) is 67.4. The lowest BCUT2D eigenvalue weighted by molar-refractivity contribution is -0.941. The molecule has 0 bridgehead atoms. The van der Waals surface area contributed by atoms with Crippen LogP contribution in [0.3, 0.4) is 0 Å². The van der Waals surface area contributed by atoms with Crippen LogP contribution in [0.5, 0.6) is 57.5 Å². The van der Waals surface area contributed by atoms with Crippen molar-refractivity contribution in [2.75, 3.05) is 145 Å². The number of quaternary nitrogens is 3. The zero-order valence-electron chi connectivity index (χ0n) is 48.4. The Labute approximate surface area is 494 Å². The predicted octanol–water partition coefficient (Wildman–Crippen LogP) is -1.22. The van der Waals surface area contributed by atoms with Crippen molar-refractivity contribution in [2.45, 2.75) is 70.5 Å². The van der Waals surface area contributed by atoms with Gasteiger partial charge in [0.2, 0.25) is 11.5 Å². The highest BCUT2D eigenvalue weighted by Crippen LogP contribution is 2.48. The Kier molecular flexibility index (Phi) is 26.0. The van der Waals surface area contributed by atoms with Gasteiger partial charge in [-0.2, -0.15) is 0 Å². The molecule has 5 atom stereocenters. The number of ether oxygens (including phenoxy) is 12. The number of benzene rings is 4. The van der Waals surface area contributed by atoms with Gasteiger partial charge in [-0.25, -0.2) is 0 Å². The molecule has 2 heterocycles. The highest BCUT2D eigenvalue weighted by atomic mass is 79.9. The van der Waals surface area contributed by atoms with E-state index in [0.29, 0.717) is 110 Å². The summed E-state index contributed by atoms with van der Waals surface area (Å²) in [7, 11) is 22.8. The lowest BCUT2D eigenvalue weighted by Crippen LogP contribution is -3.00. The van der Waals surface area contributed by atoms with Crippen molar-refractivity contribution in [3.05, 3.63) is 81.9 Å². The summed E-state index contributed by atoms with van der Waals surface area (Å²) in [5.41, 5.74) is 6.59. The van der Waals surface area contributed by atoms with Crippen LogP contribution in [-0.4, -0.2) is 176 Å². The number of methoxy groups -OCH3 is 10. The molecule has 78 heavy (non-hydrogen) atoms. The first-order valence-electron chi connectivity index (χ1n) is 25.8. The highest BCUT2D eigenvalue weighted by Gasteiger charge is 2.43. The molecule has 4 aromatic rings. The molecule has 0 radical (unpaired) electrons. The molecule has 0 saturated carbocycles. The van der Waals surface area contributed by atoms with Gasteiger partial charge in [0.1, 0.15) is 38.4 Å². The van der Waals surface area contributed by atoms with E-state index in [2.05, 4.69) is 59.3 Å². The van der Waals surface area contributed by atoms with Gasteiger partial charge < -0.3 is 121 Å². The molecule has 436 valence electrons. The molecule has 5 unspecified atom stereocenters. The van der Waals surface area contributed by atoms with E-state index in [0.717, 1.165) is 48.2 Å². The SMILES string of the molecule is COc1cc2c(cc1OC)C(Cc1cc(OC)c(OC)c(OC)c1)[N+](C)(CCC(=O)OCC[N+](C)(CCOC(=O)CC[N+]1(C)CCc3cc(OC)c(OC)cc3C1Cc1ccc(OC)c(OC)c1OC)C(C)C)CC2.[Br-].[Br-].[Br-]. The third-order valence-corrected chi connectivity index (χ3v) is 16.3. The number of nitrogens with zero attached hydrogens (tertiary/aromatic N) is 3. The molecule has 0 fully saturated rings. The summed E-state index contributed by atoms with van der Waals surface area (Å²) < 4.78 is 71.1. The molecule has 0 aliphatic carbocycles. The van der Waals surface area contributed by atoms with E-state index in [4.69, 9.17) is 56.8 Å². The number of hydrogen-bond acceptors (Lipinski definition) is 14. The molecule has 0 N–H and O–H groups in total. The molecule has 20 heteroatoms. The fourth-order valence-corrected chi connectivity index (χ4v) is 11.1. The Morgan fingerprint density at radius 3 is 1.29 bits per heavy atom. The zero-order valence-corrected chi connectivity index (χ0v) is 53.2. The highest BCUT2D eigenvalue weighted by molar-refractivity contribution is 5.70. The van der Waals surface area contributed by atoms with Crippen LogP contribution >= 0.6 is 0 Å². The van der Waals surface area contributed by atoms with Crippen molar-refractivity contribution in [3.63, 3.8) is 0 Å². The number of fused-ring (bicyclic) bond motifs is 2. The monoisotopic (exact) mass is 1280 g/mol. The van der Waals surface area contributed by atoms with E-state index in [1.54, 1.807) is 71.1 Å². The average molecular weight is 1290 g/mol. The van der Waals surface area contributed by atoms with Gasteiger partial charge in [0.25, 0.3) is 0 Å². The molecular formula is C58H84Br3N3O14. The first-order chi connectivity index (χ1) is 35.9. The van der Waals surface area contributed by atoms with Gasteiger partial charge in [-0.15, -0.1) is 0 Å². The van der Waals surface area contributed by atoms with Gasteiger partial charge >= 0.3 is 11.9 Å². The average Bonchev–Trinajstić information content (AvgIpc) is 3.42. The van der Waals surface area contributed by atoms with Crippen LogP contribution in [0.2, 0.25) is 0 Å². The molecule has 0 aromatic heterocycles. The molecule has 2 aliphatic rings. The van der Waals surface area contributed by atoms with Crippen molar-refractivity contribution >= 4 is 11.9 Å². The van der Waals surface area contributed by atoms with E-state index in [1.807, 2.05) is 24.3 Å². The molecule has 4 aromatic carbocycles. The molecule has 0 amide bonds. The lowest BCUT2D eigenvalue weighted by Gasteiger charge is -2.46. The van der Waals surface area contributed by atoms with Crippen LogP contribution in [-0.2, 0) is 44.7 Å². The normalized spacial score (nSPS) is 18.9. The quantitative estimate of drug-likeness (QED) is 0.0520. The minimum Gasteiger partial charge on any atom is -1.00 e. The molecule has 17 nitrogen and oxygen atoms in total. The second-order valence-corrected chi connectivity index (χ2v) is 20.6. The van der Waals surface area contributed by atoms with Crippen molar-refractivity contribution < 1.29 is 131 Å². The minimum absolute atomic E-state index is 0. The number of halogens is 3. The maximum atomic E-state index is 13.7. The van der Waals surface area contributed by atoms with Crippen LogP contribution in [0.4, 0.5) is 0 Å². The summed E-state index contributed by atoms with van der Waals surface area (Å²) in [5, 5.41) is 0. The van der Waals surface area contributed by atoms with E-state index in [9.17, 15) is 9.59 Å². The van der Waals surface area contributed by atoms with Crippen LogP contribution in [0.25, 0.3) is 0 Å². The summed E-state index contributed by atoms with van der Waals surface area (Å²) in [6.45, 7) is 8.59. The number of rotatable bonds is 27. The lowest BCUT2D eigenvalue weighted by atomic mass is 9.85. The first-order valence-corrected chi connectivity index (χ1v) is 25.8. The van der Waals surface area contributed by atoms with Crippen LogP contribution in [0.15, 0.2) is 48.5 Å². The Balaban J connectivity index is 0.00000533. The molecule has 2 aliphatic heterocycles. The van der Waals surface area contributed by atoms with Crippen LogP contribution in [0, 0.1) is 0 Å². The topological polar surface area (TPSA) is 145 Å². The zero-order chi connectivity index (χ0) is 54.7. The number of carbonyl (C=O) groups is 2. The predicted molar refractivity (Wildman–Crippen MR) is 286 cm³/mol. The maximum Gasteiger partial charge on any atom is 0.311 e. The Morgan fingerprint density at radius 2 is 0.910 bits per heavy atom. The second kappa shape index (κ2) is 30.1. The third-order valence-electron chi connectivity index (χ3n) is 16.3. The number of carbonyl (C=O) groups excluding carboxylic acids is 2. The molecule has 6 rings (SSSR count). The largest absolute Gasteiger partial charge is 1.00 e. The molecule has 0 spiro atoms. The Hall–Kier alpha value is -4.86. The van der Waals surface area contributed by atoms with Gasteiger partial charge in [0.05, 0.1) is 137 Å². The van der Waals surface area contributed by atoms with Crippen molar-refractivity contribution in [2.24, 2.45) is 0 Å². The summed E-state index contributed by atoms with van der Waals surface area (Å²) in [5.74, 6) is 5.58. The summed E-state index contributed by atoms with van der Waals surface area (Å²) >= 11 is 0. The minimum atomic E-state index is -0.255. The maximum absolute atomic E-state index is 13.7. The molecular weight excluding hydrogens is 1200 g/mol.